The van der Waals surface area contributed by atoms with E-state index in [1.807, 2.05) is 12.4 Å². The Morgan fingerprint density at radius 2 is 2.04 bits per heavy atom. The molecule has 0 aromatic carbocycles. The quantitative estimate of drug-likeness (QED) is 0.822. The Morgan fingerprint density at radius 3 is 2.78 bits per heavy atom. The van der Waals surface area contributed by atoms with Crippen molar-refractivity contribution in [2.45, 2.75) is 50.1 Å². The molecule has 23 heavy (non-hydrogen) atoms. The second-order valence-electron chi connectivity index (χ2n) is 6.49. The number of thioether (sulfide) groups is 1. The van der Waals surface area contributed by atoms with E-state index in [0.717, 1.165) is 48.0 Å². The van der Waals surface area contributed by atoms with Gasteiger partial charge in [-0.15, -0.1) is 10.2 Å². The molecule has 1 saturated heterocycles. The second-order valence-corrected chi connectivity index (χ2v) is 7.43. The lowest BCUT2D eigenvalue weighted by molar-refractivity contribution is 0.363. The molecule has 0 atom stereocenters. The van der Waals surface area contributed by atoms with Crippen molar-refractivity contribution in [3.05, 3.63) is 24.0 Å². The number of hydrogen-bond donors (Lipinski definition) is 1. The zero-order valence-electron chi connectivity index (χ0n) is 14.2. The lowest BCUT2D eigenvalue weighted by Crippen LogP contribution is -2.29. The third-order valence-corrected chi connectivity index (χ3v) is 5.51. The van der Waals surface area contributed by atoms with Crippen LogP contribution in [0.4, 0.5) is 0 Å². The number of rotatable bonds is 6. The Morgan fingerprint density at radius 1 is 1.26 bits per heavy atom. The Labute approximate surface area is 142 Å². The molecule has 3 heterocycles. The van der Waals surface area contributed by atoms with Gasteiger partial charge in [-0.25, -0.2) is 4.98 Å². The molecule has 0 unspecified atom stereocenters. The molecule has 1 fully saturated rings. The van der Waals surface area contributed by atoms with E-state index in [2.05, 4.69) is 50.5 Å². The molecule has 2 aromatic heterocycles. The highest BCUT2D eigenvalue weighted by Crippen LogP contribution is 2.24. The topological polar surface area (TPSA) is 60.6 Å². The zero-order valence-corrected chi connectivity index (χ0v) is 15.0. The van der Waals surface area contributed by atoms with Crippen LogP contribution in [0.1, 0.15) is 44.4 Å². The number of nitrogens with one attached hydrogen (secondary N) is 1. The maximum Gasteiger partial charge on any atom is 0.191 e. The minimum atomic E-state index is 0.433. The first kappa shape index (κ1) is 16.5. The van der Waals surface area contributed by atoms with Crippen molar-refractivity contribution >= 4 is 11.8 Å². The highest BCUT2D eigenvalue weighted by molar-refractivity contribution is 7.98. The van der Waals surface area contributed by atoms with Gasteiger partial charge < -0.3 is 14.5 Å². The molecule has 0 radical (unpaired) electrons. The van der Waals surface area contributed by atoms with Crippen LogP contribution in [0, 0.1) is 5.92 Å². The second kappa shape index (κ2) is 7.49. The largest absolute Gasteiger partial charge is 0.332 e. The molecular formula is C16H26N6S. The summed E-state index contributed by atoms with van der Waals surface area (Å²) < 4.78 is 4.36. The van der Waals surface area contributed by atoms with Gasteiger partial charge in [0.15, 0.2) is 5.16 Å². The third kappa shape index (κ3) is 3.95. The van der Waals surface area contributed by atoms with E-state index < -0.39 is 0 Å². The molecule has 0 saturated carbocycles. The van der Waals surface area contributed by atoms with Gasteiger partial charge in [-0.3, -0.25) is 0 Å². The lowest BCUT2D eigenvalue weighted by atomic mass is 9.94. The van der Waals surface area contributed by atoms with Crippen LogP contribution in [0.2, 0.25) is 0 Å². The van der Waals surface area contributed by atoms with Crippen molar-refractivity contribution in [2.75, 3.05) is 13.1 Å². The van der Waals surface area contributed by atoms with Gasteiger partial charge in [0, 0.05) is 31.9 Å². The van der Waals surface area contributed by atoms with E-state index in [4.69, 9.17) is 0 Å². The SMILES string of the molecule is CC(C)n1ccnc1CSc1nnc(CC2CCNCC2)n1C. The summed E-state index contributed by atoms with van der Waals surface area (Å²) in [5.74, 6) is 3.75. The van der Waals surface area contributed by atoms with E-state index in [1.54, 1.807) is 11.8 Å². The molecule has 0 spiro atoms. The van der Waals surface area contributed by atoms with Gasteiger partial charge in [0.25, 0.3) is 0 Å². The van der Waals surface area contributed by atoms with Crippen LogP contribution in [-0.2, 0) is 19.2 Å². The van der Waals surface area contributed by atoms with E-state index in [1.165, 1.54) is 12.8 Å². The predicted octanol–water partition coefficient (Wildman–Crippen LogP) is 2.43. The van der Waals surface area contributed by atoms with Gasteiger partial charge >= 0.3 is 0 Å². The minimum absolute atomic E-state index is 0.433. The molecule has 1 N–H and O–H groups in total. The molecule has 6 nitrogen and oxygen atoms in total. The smallest absolute Gasteiger partial charge is 0.191 e. The molecule has 0 amide bonds. The van der Waals surface area contributed by atoms with Crippen LogP contribution in [0.5, 0.6) is 0 Å². The summed E-state index contributed by atoms with van der Waals surface area (Å²) in [5, 5.41) is 13.2. The van der Waals surface area contributed by atoms with Crippen LogP contribution in [-0.4, -0.2) is 37.4 Å². The average Bonchev–Trinajstić information content (AvgIpc) is 3.15. The molecule has 126 valence electrons. The maximum absolute atomic E-state index is 4.46. The number of imidazole rings is 1. The molecule has 3 rings (SSSR count). The molecule has 2 aromatic rings. The molecular weight excluding hydrogens is 308 g/mol. The van der Waals surface area contributed by atoms with Gasteiger partial charge in [0.05, 0.1) is 5.75 Å². The van der Waals surface area contributed by atoms with Crippen molar-refractivity contribution in [1.29, 1.82) is 0 Å². The summed E-state index contributed by atoms with van der Waals surface area (Å²) in [6, 6.07) is 0.433. The van der Waals surface area contributed by atoms with Gasteiger partial charge in [-0.05, 0) is 45.7 Å². The third-order valence-electron chi connectivity index (χ3n) is 4.49. The zero-order chi connectivity index (χ0) is 16.2. The van der Waals surface area contributed by atoms with Crippen molar-refractivity contribution in [3.8, 4) is 0 Å². The Kier molecular flexibility index (Phi) is 5.38. The fourth-order valence-corrected chi connectivity index (χ4v) is 3.93. The van der Waals surface area contributed by atoms with Crippen molar-refractivity contribution in [2.24, 2.45) is 13.0 Å². The van der Waals surface area contributed by atoms with Crippen molar-refractivity contribution in [1.82, 2.24) is 29.6 Å². The van der Waals surface area contributed by atoms with Crippen LogP contribution >= 0.6 is 11.8 Å². The Balaban J connectivity index is 1.61. The van der Waals surface area contributed by atoms with Gasteiger partial charge in [-0.2, -0.15) is 0 Å². The first-order valence-electron chi connectivity index (χ1n) is 8.38. The number of nitrogens with zero attached hydrogens (tertiary/aromatic N) is 5. The Hall–Kier alpha value is -1.34. The van der Waals surface area contributed by atoms with Crippen LogP contribution in [0.25, 0.3) is 0 Å². The number of piperidine rings is 1. The van der Waals surface area contributed by atoms with Gasteiger partial charge in [0.2, 0.25) is 0 Å². The average molecular weight is 334 g/mol. The standard InChI is InChI=1S/C16H26N6S/c1-12(2)22-9-8-18-15(22)11-23-16-20-19-14(21(16)3)10-13-4-6-17-7-5-13/h8-9,12-13,17H,4-7,10-11H2,1-3H3. The summed E-state index contributed by atoms with van der Waals surface area (Å²) in [6.07, 6.45) is 7.42. The summed E-state index contributed by atoms with van der Waals surface area (Å²) in [7, 11) is 2.08. The van der Waals surface area contributed by atoms with E-state index in [9.17, 15) is 0 Å². The molecule has 1 aliphatic rings. The summed E-state index contributed by atoms with van der Waals surface area (Å²) in [6.45, 7) is 6.61. The summed E-state index contributed by atoms with van der Waals surface area (Å²) in [5.41, 5.74) is 0. The van der Waals surface area contributed by atoms with Crippen LogP contribution in [0.15, 0.2) is 17.6 Å². The minimum Gasteiger partial charge on any atom is -0.332 e. The maximum atomic E-state index is 4.46. The first-order valence-corrected chi connectivity index (χ1v) is 9.37. The van der Waals surface area contributed by atoms with Crippen LogP contribution < -0.4 is 5.32 Å². The van der Waals surface area contributed by atoms with E-state index in [0.29, 0.717) is 6.04 Å². The summed E-state index contributed by atoms with van der Waals surface area (Å²) >= 11 is 1.71. The molecule has 1 aliphatic heterocycles. The van der Waals surface area contributed by atoms with Crippen molar-refractivity contribution < 1.29 is 0 Å². The van der Waals surface area contributed by atoms with Gasteiger partial charge in [0.1, 0.15) is 11.6 Å². The van der Waals surface area contributed by atoms with Crippen molar-refractivity contribution in [3.63, 3.8) is 0 Å². The predicted molar refractivity (Wildman–Crippen MR) is 92.5 cm³/mol. The molecule has 0 aliphatic carbocycles. The normalized spacial score (nSPS) is 16.3. The highest BCUT2D eigenvalue weighted by Gasteiger charge is 2.18. The number of aromatic nitrogens is 5. The summed E-state index contributed by atoms with van der Waals surface area (Å²) in [4.78, 5) is 4.46. The van der Waals surface area contributed by atoms with E-state index in [-0.39, 0.29) is 0 Å². The number of hydrogen-bond acceptors (Lipinski definition) is 5. The highest BCUT2D eigenvalue weighted by atomic mass is 32.2. The fourth-order valence-electron chi connectivity index (χ4n) is 3.05. The lowest BCUT2D eigenvalue weighted by Gasteiger charge is -2.21. The molecule has 7 heteroatoms. The van der Waals surface area contributed by atoms with Crippen LogP contribution in [0.3, 0.4) is 0 Å². The van der Waals surface area contributed by atoms with Gasteiger partial charge in [-0.1, -0.05) is 11.8 Å². The molecule has 0 bridgehead atoms. The van der Waals surface area contributed by atoms with E-state index >= 15 is 0 Å². The first-order chi connectivity index (χ1) is 11.1. The fraction of sp³-hybridized carbons (Fsp3) is 0.688. The monoisotopic (exact) mass is 334 g/mol. The Bertz CT molecular complexity index is 626.